The van der Waals surface area contributed by atoms with Gasteiger partial charge in [0.15, 0.2) is 0 Å². The van der Waals surface area contributed by atoms with Gasteiger partial charge >= 0.3 is 5.97 Å². The van der Waals surface area contributed by atoms with E-state index in [0.29, 0.717) is 38.8 Å². The molecule has 1 aromatic carbocycles. The smallest absolute Gasteiger partial charge is 0.326 e. The summed E-state index contributed by atoms with van der Waals surface area (Å²) in [7, 11) is 0. The molecule has 0 aromatic heterocycles. The third kappa shape index (κ3) is 17.9. The Morgan fingerprint density at radius 1 is 0.706 bits per heavy atom. The van der Waals surface area contributed by atoms with E-state index < -0.39 is 71.8 Å². The van der Waals surface area contributed by atoms with Crippen molar-refractivity contribution in [3.05, 3.63) is 46.1 Å². The maximum Gasteiger partial charge on any atom is 0.326 e. The Hall–Kier alpha value is -3.61. The molecule has 0 bridgehead atoms. The fourth-order valence-electron chi connectivity index (χ4n) is 5.07. The predicted molar refractivity (Wildman–Crippen MR) is 204 cm³/mol. The molecule has 1 rings (SSSR count). The van der Waals surface area contributed by atoms with E-state index in [4.69, 9.17) is 17.2 Å². The van der Waals surface area contributed by atoms with Crippen LogP contribution < -0.4 is 43.8 Å². The highest BCUT2D eigenvalue weighted by molar-refractivity contribution is 14.1. The second kappa shape index (κ2) is 24.6. The molecule has 0 aliphatic rings. The molecular weight excluding hydrogens is 771 g/mol. The van der Waals surface area contributed by atoms with E-state index in [0.717, 1.165) is 9.13 Å². The average Bonchev–Trinajstić information content (AvgIpc) is 3.07. The molecule has 0 spiro atoms. The highest BCUT2D eigenvalue weighted by Gasteiger charge is 2.32. The van der Waals surface area contributed by atoms with Gasteiger partial charge in [-0.05, 0) is 118 Å². The Morgan fingerprint density at radius 3 is 1.59 bits per heavy atom. The number of rotatable bonds is 25. The lowest BCUT2D eigenvalue weighted by molar-refractivity contribution is -0.142. The van der Waals surface area contributed by atoms with Crippen molar-refractivity contribution in [1.82, 2.24) is 26.6 Å². The van der Waals surface area contributed by atoms with E-state index in [-0.39, 0.29) is 38.0 Å². The zero-order valence-corrected chi connectivity index (χ0v) is 32.1. The standard InChI is InChI=1S/C35H57IN8O7/c1-5-10-25(31(46)43-28(20-23-13-15-24(36)16-14-23)34(49)44-29(35(50)51)19-21(2)3)41-33(48)27(12-7-9-18-38)42-32(47)26(11-6-8-17-37)40-30(45)22(4)39/h5,13-16,21-22,25-29H,1,6-12,17-20,37-39H2,2-4H3,(H,40,45)(H,41,48)(H,42,47)(H,43,46)(H,44,49)(H,50,51)/t22-,25-,26-,27-,28-,29-/m0/s1. The van der Waals surface area contributed by atoms with Crippen molar-refractivity contribution in [2.45, 2.75) is 115 Å². The number of carbonyl (C=O) groups excluding carboxylic acids is 5. The number of nitrogens with two attached hydrogens (primary N) is 3. The number of hydrogen-bond acceptors (Lipinski definition) is 9. The van der Waals surface area contributed by atoms with Crippen LogP contribution in [-0.4, -0.2) is 90.0 Å². The largest absolute Gasteiger partial charge is 0.480 e. The first-order valence-corrected chi connectivity index (χ1v) is 18.5. The third-order valence-electron chi connectivity index (χ3n) is 7.92. The lowest BCUT2D eigenvalue weighted by Crippen LogP contribution is -2.59. The van der Waals surface area contributed by atoms with Crippen molar-refractivity contribution >= 4 is 58.1 Å². The first-order valence-electron chi connectivity index (χ1n) is 17.4. The Morgan fingerprint density at radius 2 is 1.14 bits per heavy atom. The fourth-order valence-corrected chi connectivity index (χ4v) is 5.43. The number of amides is 5. The quantitative estimate of drug-likeness (QED) is 0.0376. The molecular formula is C35H57IN8O7. The molecule has 286 valence electrons. The molecule has 15 nitrogen and oxygen atoms in total. The molecule has 0 aliphatic carbocycles. The van der Waals surface area contributed by atoms with Gasteiger partial charge in [-0.1, -0.05) is 32.1 Å². The third-order valence-corrected chi connectivity index (χ3v) is 8.64. The van der Waals surface area contributed by atoms with E-state index in [9.17, 15) is 33.9 Å². The number of aliphatic carboxylic acids is 1. The molecule has 6 atom stereocenters. The SMILES string of the molecule is C=CC[C@H](NC(=O)[C@H](CCCCN)NC(=O)[C@H](CCCCN)NC(=O)[C@H](C)N)C(=O)N[C@@H](Cc1ccc(I)cc1)C(=O)N[C@@H](CC(C)C)C(=O)O. The van der Waals surface area contributed by atoms with Gasteiger partial charge in [-0.3, -0.25) is 24.0 Å². The van der Waals surface area contributed by atoms with Crippen LogP contribution in [0.1, 0.15) is 77.7 Å². The number of unbranched alkanes of at least 4 members (excludes halogenated alkanes) is 2. The van der Waals surface area contributed by atoms with Crippen LogP contribution >= 0.6 is 22.6 Å². The van der Waals surface area contributed by atoms with Gasteiger partial charge in [0.05, 0.1) is 6.04 Å². The predicted octanol–water partition coefficient (Wildman–Crippen LogP) is 0.570. The van der Waals surface area contributed by atoms with Crippen molar-refractivity contribution in [1.29, 1.82) is 0 Å². The second-order valence-corrected chi connectivity index (χ2v) is 14.2. The molecule has 0 aliphatic heterocycles. The maximum atomic E-state index is 13.7. The van der Waals surface area contributed by atoms with E-state index in [1.54, 1.807) is 12.1 Å². The zero-order chi connectivity index (χ0) is 38.5. The Labute approximate surface area is 314 Å². The summed E-state index contributed by atoms with van der Waals surface area (Å²) in [6.07, 6.45) is 4.32. The lowest BCUT2D eigenvalue weighted by atomic mass is 10.0. The minimum absolute atomic E-state index is 0.0177. The number of carboxylic acids is 1. The highest BCUT2D eigenvalue weighted by Crippen LogP contribution is 2.12. The van der Waals surface area contributed by atoms with Crippen LogP contribution in [0, 0.1) is 9.49 Å². The molecule has 0 radical (unpaired) electrons. The van der Waals surface area contributed by atoms with Crippen LogP contribution in [-0.2, 0) is 35.2 Å². The number of nitrogens with one attached hydrogen (secondary N) is 5. The van der Waals surface area contributed by atoms with Crippen LogP contribution in [0.25, 0.3) is 0 Å². The normalized spacial score (nSPS) is 14.6. The van der Waals surface area contributed by atoms with Crippen molar-refractivity contribution < 1.29 is 33.9 Å². The van der Waals surface area contributed by atoms with Gasteiger partial charge in [0.1, 0.15) is 30.2 Å². The van der Waals surface area contributed by atoms with Gasteiger partial charge in [-0.15, -0.1) is 6.58 Å². The lowest BCUT2D eigenvalue weighted by Gasteiger charge is -2.27. The number of hydrogen-bond donors (Lipinski definition) is 9. The molecule has 0 fully saturated rings. The fraction of sp³-hybridized carbons (Fsp3) is 0.600. The molecule has 16 heteroatoms. The van der Waals surface area contributed by atoms with Gasteiger partial charge in [-0.25, -0.2) is 4.79 Å². The molecule has 1 aromatic rings. The summed E-state index contributed by atoms with van der Waals surface area (Å²) in [6.45, 7) is 9.62. The first-order chi connectivity index (χ1) is 24.1. The van der Waals surface area contributed by atoms with E-state index >= 15 is 0 Å². The minimum Gasteiger partial charge on any atom is -0.480 e. The monoisotopic (exact) mass is 828 g/mol. The summed E-state index contributed by atoms with van der Waals surface area (Å²) in [5, 5.41) is 23.0. The van der Waals surface area contributed by atoms with Gasteiger partial charge in [-0.2, -0.15) is 0 Å². The number of benzene rings is 1. The summed E-state index contributed by atoms with van der Waals surface area (Å²) in [4.78, 5) is 78.6. The Balaban J connectivity index is 3.29. The van der Waals surface area contributed by atoms with Gasteiger partial charge < -0.3 is 48.9 Å². The van der Waals surface area contributed by atoms with E-state index in [1.807, 2.05) is 26.0 Å². The van der Waals surface area contributed by atoms with E-state index in [1.165, 1.54) is 13.0 Å². The molecule has 12 N–H and O–H groups in total. The summed E-state index contributed by atoms with van der Waals surface area (Å²) in [6, 6.07) is 0.809. The van der Waals surface area contributed by atoms with E-state index in [2.05, 4.69) is 55.8 Å². The maximum absolute atomic E-state index is 13.7. The summed E-state index contributed by atoms with van der Waals surface area (Å²) >= 11 is 2.14. The van der Waals surface area contributed by atoms with Crippen molar-refractivity contribution in [3.63, 3.8) is 0 Å². The summed E-state index contributed by atoms with van der Waals surface area (Å²) < 4.78 is 0.962. The molecule has 5 amide bonds. The molecule has 0 unspecified atom stereocenters. The number of carbonyl (C=O) groups is 6. The Kier molecular flexibility index (Phi) is 21.9. The van der Waals surface area contributed by atoms with Crippen molar-refractivity contribution in [3.8, 4) is 0 Å². The van der Waals surface area contributed by atoms with Crippen LogP contribution in [0.15, 0.2) is 36.9 Å². The topological polar surface area (TPSA) is 261 Å². The molecule has 0 heterocycles. The van der Waals surface area contributed by atoms with Crippen molar-refractivity contribution in [2.24, 2.45) is 23.1 Å². The highest BCUT2D eigenvalue weighted by atomic mass is 127. The molecule has 51 heavy (non-hydrogen) atoms. The summed E-state index contributed by atoms with van der Waals surface area (Å²) in [5.41, 5.74) is 17.7. The molecule has 0 saturated carbocycles. The zero-order valence-electron chi connectivity index (χ0n) is 29.9. The van der Waals surface area contributed by atoms with Gasteiger partial charge in [0.2, 0.25) is 29.5 Å². The number of halogens is 1. The van der Waals surface area contributed by atoms with Crippen LogP contribution in [0.3, 0.4) is 0 Å². The number of carboxylic acid groups (broad SMARTS) is 1. The van der Waals surface area contributed by atoms with Crippen LogP contribution in [0.5, 0.6) is 0 Å². The van der Waals surface area contributed by atoms with Gasteiger partial charge in [0, 0.05) is 9.99 Å². The Bertz CT molecular complexity index is 1300. The second-order valence-electron chi connectivity index (χ2n) is 13.0. The van der Waals surface area contributed by atoms with Gasteiger partial charge in [0.25, 0.3) is 0 Å². The first kappa shape index (κ1) is 45.4. The molecule has 0 saturated heterocycles. The van der Waals surface area contributed by atoms with Crippen LogP contribution in [0.4, 0.5) is 0 Å². The minimum atomic E-state index is -1.20. The van der Waals surface area contributed by atoms with Crippen LogP contribution in [0.2, 0.25) is 0 Å². The summed E-state index contributed by atoms with van der Waals surface area (Å²) in [5.74, 6) is -4.42. The average molecular weight is 829 g/mol. The van der Waals surface area contributed by atoms with Crippen molar-refractivity contribution in [2.75, 3.05) is 13.1 Å².